The van der Waals surface area contributed by atoms with Crippen molar-refractivity contribution in [3.63, 3.8) is 0 Å². The molecule has 0 saturated heterocycles. The number of unbranched alkanes of at least 4 members (excludes halogenated alkanes) is 1. The number of rotatable bonds is 6. The fourth-order valence-electron chi connectivity index (χ4n) is 1.35. The van der Waals surface area contributed by atoms with Gasteiger partial charge < -0.3 is 10.1 Å². The van der Waals surface area contributed by atoms with Gasteiger partial charge in [-0.25, -0.2) is 4.98 Å². The lowest BCUT2D eigenvalue weighted by Crippen LogP contribution is -2.17. The molecule has 0 aromatic carbocycles. The van der Waals surface area contributed by atoms with Crippen LogP contribution in [0.1, 0.15) is 37.6 Å². The lowest BCUT2D eigenvalue weighted by Gasteiger charge is -2.01. The van der Waals surface area contributed by atoms with Crippen molar-refractivity contribution < 1.29 is 9.90 Å². The second-order valence-electron chi connectivity index (χ2n) is 3.68. The van der Waals surface area contributed by atoms with Crippen LogP contribution < -0.4 is 5.56 Å². The topological polar surface area (TPSA) is 83.0 Å². The molecule has 5 heteroatoms. The summed E-state index contributed by atoms with van der Waals surface area (Å²) < 4.78 is 0. The number of aromatic nitrogens is 2. The molecule has 0 atom stereocenters. The molecule has 2 N–H and O–H groups in total. The fraction of sp³-hybridized carbons (Fsp3) is 0.545. The summed E-state index contributed by atoms with van der Waals surface area (Å²) in [5.74, 6) is -0.236. The van der Waals surface area contributed by atoms with Gasteiger partial charge in [0.1, 0.15) is 5.82 Å². The molecule has 0 spiro atoms. The molecule has 0 aliphatic heterocycles. The molecule has 0 saturated carbocycles. The van der Waals surface area contributed by atoms with Crippen LogP contribution in [0.5, 0.6) is 0 Å². The molecule has 1 heterocycles. The molecule has 16 heavy (non-hydrogen) atoms. The van der Waals surface area contributed by atoms with Crippen LogP contribution in [-0.2, 0) is 17.6 Å². The minimum absolute atomic E-state index is 0.0426. The molecule has 0 aliphatic carbocycles. The molecular weight excluding hydrogens is 208 g/mol. The Morgan fingerprint density at radius 1 is 1.50 bits per heavy atom. The number of carboxylic acid groups (broad SMARTS) is 1. The SMILES string of the molecule is CCCCc1ncc(CCC(=O)O)c(=O)[nH]1. The second-order valence-corrected chi connectivity index (χ2v) is 3.68. The average molecular weight is 224 g/mol. The molecule has 0 bridgehead atoms. The maximum absolute atomic E-state index is 11.5. The summed E-state index contributed by atoms with van der Waals surface area (Å²) in [4.78, 5) is 28.7. The van der Waals surface area contributed by atoms with E-state index < -0.39 is 5.97 Å². The van der Waals surface area contributed by atoms with Gasteiger partial charge in [-0.3, -0.25) is 9.59 Å². The van der Waals surface area contributed by atoms with Gasteiger partial charge in [0, 0.05) is 24.6 Å². The largest absolute Gasteiger partial charge is 0.481 e. The third-order valence-corrected chi connectivity index (χ3v) is 2.30. The van der Waals surface area contributed by atoms with E-state index in [9.17, 15) is 9.59 Å². The maximum Gasteiger partial charge on any atom is 0.303 e. The highest BCUT2D eigenvalue weighted by atomic mass is 16.4. The van der Waals surface area contributed by atoms with Crippen LogP contribution in [-0.4, -0.2) is 21.0 Å². The van der Waals surface area contributed by atoms with Crippen LogP contribution in [0.3, 0.4) is 0 Å². The van der Waals surface area contributed by atoms with Gasteiger partial charge in [-0.15, -0.1) is 0 Å². The minimum Gasteiger partial charge on any atom is -0.481 e. The van der Waals surface area contributed by atoms with Crippen molar-refractivity contribution in [1.82, 2.24) is 9.97 Å². The highest BCUT2D eigenvalue weighted by Gasteiger charge is 2.05. The van der Waals surface area contributed by atoms with E-state index in [1.165, 1.54) is 6.20 Å². The minimum atomic E-state index is -0.908. The summed E-state index contributed by atoms with van der Waals surface area (Å²) in [7, 11) is 0. The number of carboxylic acids is 1. The standard InChI is InChI=1S/C11H16N2O3/c1-2-3-4-9-12-7-8(11(16)13-9)5-6-10(14)15/h7H,2-6H2,1H3,(H,14,15)(H,12,13,16). The zero-order valence-electron chi connectivity index (χ0n) is 9.32. The van der Waals surface area contributed by atoms with Gasteiger partial charge in [-0.05, 0) is 12.8 Å². The average Bonchev–Trinajstić information content (AvgIpc) is 2.24. The van der Waals surface area contributed by atoms with Gasteiger partial charge in [0.15, 0.2) is 0 Å². The number of carbonyl (C=O) groups is 1. The zero-order chi connectivity index (χ0) is 12.0. The predicted octanol–water partition coefficient (Wildman–Crippen LogP) is 1.13. The number of aryl methyl sites for hydroxylation is 2. The first-order chi connectivity index (χ1) is 7.63. The molecule has 0 amide bonds. The van der Waals surface area contributed by atoms with E-state index in [4.69, 9.17) is 5.11 Å². The summed E-state index contributed by atoms with van der Waals surface area (Å²) in [6.45, 7) is 2.07. The Kier molecular flexibility index (Phi) is 4.69. The van der Waals surface area contributed by atoms with Gasteiger partial charge in [0.2, 0.25) is 0 Å². The van der Waals surface area contributed by atoms with E-state index >= 15 is 0 Å². The van der Waals surface area contributed by atoms with Crippen LogP contribution in [0.2, 0.25) is 0 Å². The fourth-order valence-corrected chi connectivity index (χ4v) is 1.35. The molecule has 0 aliphatic rings. The number of hydrogen-bond acceptors (Lipinski definition) is 3. The third-order valence-electron chi connectivity index (χ3n) is 2.30. The highest BCUT2D eigenvalue weighted by Crippen LogP contribution is 1.99. The van der Waals surface area contributed by atoms with Gasteiger partial charge in [0.25, 0.3) is 5.56 Å². The van der Waals surface area contributed by atoms with Crippen molar-refractivity contribution in [1.29, 1.82) is 0 Å². The molecule has 1 aromatic heterocycles. The molecule has 1 rings (SSSR count). The van der Waals surface area contributed by atoms with E-state index in [2.05, 4.69) is 16.9 Å². The molecular formula is C11H16N2O3. The Morgan fingerprint density at radius 2 is 2.25 bits per heavy atom. The number of nitrogens with zero attached hydrogens (tertiary/aromatic N) is 1. The van der Waals surface area contributed by atoms with Crippen LogP contribution in [0.4, 0.5) is 0 Å². The first-order valence-corrected chi connectivity index (χ1v) is 5.42. The summed E-state index contributed by atoms with van der Waals surface area (Å²) >= 11 is 0. The first kappa shape index (κ1) is 12.4. The first-order valence-electron chi connectivity index (χ1n) is 5.42. The Labute approximate surface area is 93.5 Å². The number of nitrogens with one attached hydrogen (secondary N) is 1. The second kappa shape index (κ2) is 6.05. The summed E-state index contributed by atoms with van der Waals surface area (Å²) in [5, 5.41) is 8.50. The van der Waals surface area contributed by atoms with Crippen molar-refractivity contribution in [2.75, 3.05) is 0 Å². The van der Waals surface area contributed by atoms with E-state index in [-0.39, 0.29) is 18.4 Å². The van der Waals surface area contributed by atoms with Crippen LogP contribution in [0.25, 0.3) is 0 Å². The Bertz CT molecular complexity index is 412. The van der Waals surface area contributed by atoms with Crippen molar-refractivity contribution in [2.24, 2.45) is 0 Å². The van der Waals surface area contributed by atoms with Crippen LogP contribution in [0, 0.1) is 0 Å². The Hall–Kier alpha value is -1.65. The Morgan fingerprint density at radius 3 is 2.81 bits per heavy atom. The summed E-state index contributed by atoms with van der Waals surface area (Å²) in [6.07, 6.45) is 4.45. The smallest absolute Gasteiger partial charge is 0.303 e. The molecule has 5 nitrogen and oxygen atoms in total. The van der Waals surface area contributed by atoms with Gasteiger partial charge in [0.05, 0.1) is 0 Å². The van der Waals surface area contributed by atoms with Crippen LogP contribution in [0.15, 0.2) is 11.0 Å². The normalized spacial score (nSPS) is 10.3. The van der Waals surface area contributed by atoms with E-state index in [0.29, 0.717) is 11.4 Å². The van der Waals surface area contributed by atoms with E-state index in [1.807, 2.05) is 0 Å². The van der Waals surface area contributed by atoms with Gasteiger partial charge in [-0.1, -0.05) is 13.3 Å². The number of aliphatic carboxylic acids is 1. The Balaban J connectivity index is 2.67. The third kappa shape index (κ3) is 3.84. The van der Waals surface area contributed by atoms with Crippen molar-refractivity contribution >= 4 is 5.97 Å². The molecule has 1 aromatic rings. The van der Waals surface area contributed by atoms with E-state index in [0.717, 1.165) is 19.3 Å². The lowest BCUT2D eigenvalue weighted by molar-refractivity contribution is -0.136. The van der Waals surface area contributed by atoms with Crippen molar-refractivity contribution in [2.45, 2.75) is 39.0 Å². The summed E-state index contributed by atoms with van der Waals surface area (Å²) in [5.41, 5.74) is 0.213. The molecule has 0 radical (unpaired) electrons. The quantitative estimate of drug-likeness (QED) is 0.758. The maximum atomic E-state index is 11.5. The molecule has 88 valence electrons. The molecule has 0 unspecified atom stereocenters. The predicted molar refractivity (Wildman–Crippen MR) is 59.4 cm³/mol. The van der Waals surface area contributed by atoms with Gasteiger partial charge in [-0.2, -0.15) is 0 Å². The lowest BCUT2D eigenvalue weighted by atomic mass is 10.2. The van der Waals surface area contributed by atoms with Gasteiger partial charge >= 0.3 is 5.97 Å². The van der Waals surface area contributed by atoms with Crippen LogP contribution >= 0.6 is 0 Å². The number of aromatic amines is 1. The molecule has 0 fully saturated rings. The highest BCUT2D eigenvalue weighted by molar-refractivity contribution is 5.67. The number of hydrogen-bond donors (Lipinski definition) is 2. The zero-order valence-corrected chi connectivity index (χ0v) is 9.32. The van der Waals surface area contributed by atoms with E-state index in [1.54, 1.807) is 0 Å². The monoisotopic (exact) mass is 224 g/mol. The summed E-state index contributed by atoms with van der Waals surface area (Å²) in [6, 6.07) is 0. The van der Waals surface area contributed by atoms with Crippen molar-refractivity contribution in [3.8, 4) is 0 Å². The number of H-pyrrole nitrogens is 1. The van der Waals surface area contributed by atoms with Crippen molar-refractivity contribution in [3.05, 3.63) is 27.9 Å².